The number of halogens is 4. The lowest BCUT2D eigenvalue weighted by Crippen LogP contribution is -2.05. The predicted molar refractivity (Wildman–Crippen MR) is 68.8 cm³/mol. The third-order valence-electron chi connectivity index (χ3n) is 2.60. The largest absolute Gasteiger partial charge is 0.481 e. The molecule has 0 radical (unpaired) electrons. The molecule has 0 fully saturated rings. The van der Waals surface area contributed by atoms with E-state index < -0.39 is 17.7 Å². The number of alkyl halides is 3. The van der Waals surface area contributed by atoms with E-state index in [1.54, 1.807) is 0 Å². The molecule has 0 saturated heterocycles. The van der Waals surface area contributed by atoms with E-state index in [0.717, 1.165) is 12.1 Å². The SMILES string of the molecule is O=C(O)Cc1cnc(-c2cccc(C(F)(F)F)c2)nc1Cl. The molecule has 1 aromatic carbocycles. The molecule has 0 amide bonds. The molecule has 110 valence electrons. The molecular formula is C13H8ClF3N2O2. The van der Waals surface area contributed by atoms with Crippen LogP contribution >= 0.6 is 11.6 Å². The van der Waals surface area contributed by atoms with Gasteiger partial charge in [-0.25, -0.2) is 9.97 Å². The second kappa shape index (κ2) is 5.69. The van der Waals surface area contributed by atoms with Crippen LogP contribution in [0.4, 0.5) is 13.2 Å². The average Bonchev–Trinajstić information content (AvgIpc) is 2.40. The first kappa shape index (κ1) is 15.2. The number of carboxylic acid groups (broad SMARTS) is 1. The van der Waals surface area contributed by atoms with Crippen LogP contribution in [0.5, 0.6) is 0 Å². The van der Waals surface area contributed by atoms with Crippen molar-refractivity contribution >= 4 is 17.6 Å². The number of nitrogens with zero attached hydrogens (tertiary/aromatic N) is 2. The lowest BCUT2D eigenvalue weighted by molar-refractivity contribution is -0.138. The van der Waals surface area contributed by atoms with Gasteiger partial charge < -0.3 is 5.11 Å². The number of carbonyl (C=O) groups is 1. The van der Waals surface area contributed by atoms with Crippen molar-refractivity contribution in [2.24, 2.45) is 0 Å². The zero-order valence-electron chi connectivity index (χ0n) is 10.4. The van der Waals surface area contributed by atoms with Gasteiger partial charge in [-0.15, -0.1) is 0 Å². The first-order valence-corrected chi connectivity index (χ1v) is 6.06. The van der Waals surface area contributed by atoms with E-state index in [-0.39, 0.29) is 28.5 Å². The zero-order valence-corrected chi connectivity index (χ0v) is 11.1. The smallest absolute Gasteiger partial charge is 0.416 e. The summed E-state index contributed by atoms with van der Waals surface area (Å²) in [5.74, 6) is -1.10. The lowest BCUT2D eigenvalue weighted by atomic mass is 10.1. The van der Waals surface area contributed by atoms with Crippen LogP contribution in [0.25, 0.3) is 11.4 Å². The Morgan fingerprint density at radius 2 is 2.05 bits per heavy atom. The summed E-state index contributed by atoms with van der Waals surface area (Å²) >= 11 is 5.82. The molecule has 0 aliphatic carbocycles. The van der Waals surface area contributed by atoms with Gasteiger partial charge >= 0.3 is 12.1 Å². The number of aliphatic carboxylic acids is 1. The van der Waals surface area contributed by atoms with E-state index in [4.69, 9.17) is 16.7 Å². The van der Waals surface area contributed by atoms with Crippen molar-refractivity contribution in [1.82, 2.24) is 9.97 Å². The average molecular weight is 317 g/mol. The molecule has 0 aliphatic heterocycles. The van der Waals surface area contributed by atoms with Crippen molar-refractivity contribution in [3.63, 3.8) is 0 Å². The Morgan fingerprint density at radius 1 is 1.33 bits per heavy atom. The van der Waals surface area contributed by atoms with Crippen molar-refractivity contribution in [2.45, 2.75) is 12.6 Å². The summed E-state index contributed by atoms with van der Waals surface area (Å²) in [6, 6.07) is 4.49. The van der Waals surface area contributed by atoms with E-state index in [2.05, 4.69) is 9.97 Å². The van der Waals surface area contributed by atoms with Crippen molar-refractivity contribution in [2.75, 3.05) is 0 Å². The number of aromatic nitrogens is 2. The van der Waals surface area contributed by atoms with Crippen molar-refractivity contribution in [3.05, 3.63) is 46.7 Å². The summed E-state index contributed by atoms with van der Waals surface area (Å²) in [6.07, 6.45) is -3.64. The molecule has 2 aromatic rings. The van der Waals surface area contributed by atoms with Gasteiger partial charge in [-0.05, 0) is 12.1 Å². The fourth-order valence-corrected chi connectivity index (χ4v) is 1.84. The first-order valence-electron chi connectivity index (χ1n) is 5.68. The van der Waals surface area contributed by atoms with Crippen LogP contribution in [0.3, 0.4) is 0 Å². The monoisotopic (exact) mass is 316 g/mol. The Hall–Kier alpha value is -2.15. The molecule has 0 bridgehead atoms. The molecule has 0 saturated carbocycles. The lowest BCUT2D eigenvalue weighted by Gasteiger charge is -2.08. The Kier molecular flexibility index (Phi) is 4.13. The highest BCUT2D eigenvalue weighted by Crippen LogP contribution is 2.31. The maximum Gasteiger partial charge on any atom is 0.416 e. The van der Waals surface area contributed by atoms with E-state index >= 15 is 0 Å². The van der Waals surface area contributed by atoms with E-state index in [1.807, 2.05) is 0 Å². The van der Waals surface area contributed by atoms with Gasteiger partial charge in [0.15, 0.2) is 5.82 Å². The van der Waals surface area contributed by atoms with Crippen molar-refractivity contribution in [3.8, 4) is 11.4 Å². The molecule has 0 spiro atoms. The molecule has 2 rings (SSSR count). The van der Waals surface area contributed by atoms with Crippen LogP contribution in [-0.2, 0) is 17.4 Å². The molecule has 1 N–H and O–H groups in total. The summed E-state index contributed by atoms with van der Waals surface area (Å²) in [4.78, 5) is 18.3. The number of hydrogen-bond acceptors (Lipinski definition) is 3. The van der Waals surface area contributed by atoms with Crippen LogP contribution in [0.1, 0.15) is 11.1 Å². The van der Waals surface area contributed by atoms with Crippen LogP contribution in [0.15, 0.2) is 30.5 Å². The number of benzene rings is 1. The third-order valence-corrected chi connectivity index (χ3v) is 2.93. The predicted octanol–water partition coefficient (Wildman–Crippen LogP) is 3.44. The number of carboxylic acids is 1. The van der Waals surface area contributed by atoms with E-state index in [9.17, 15) is 18.0 Å². The first-order chi connectivity index (χ1) is 9.77. The minimum atomic E-state index is -4.47. The van der Waals surface area contributed by atoms with Gasteiger partial charge in [0.2, 0.25) is 0 Å². The number of rotatable bonds is 3. The quantitative estimate of drug-likeness (QED) is 0.881. The highest BCUT2D eigenvalue weighted by atomic mass is 35.5. The molecule has 0 atom stereocenters. The molecule has 1 heterocycles. The summed E-state index contributed by atoms with van der Waals surface area (Å²) in [5, 5.41) is 8.57. The standard InChI is InChI=1S/C13H8ClF3N2O2/c14-11-8(5-10(20)21)6-18-12(19-11)7-2-1-3-9(4-7)13(15,16)17/h1-4,6H,5H2,(H,20,21). The Balaban J connectivity index is 2.39. The second-order valence-electron chi connectivity index (χ2n) is 4.16. The van der Waals surface area contributed by atoms with E-state index in [0.29, 0.717) is 0 Å². The third kappa shape index (κ3) is 3.69. The van der Waals surface area contributed by atoms with Gasteiger partial charge in [-0.1, -0.05) is 23.7 Å². The highest BCUT2D eigenvalue weighted by molar-refractivity contribution is 6.30. The van der Waals surface area contributed by atoms with Crippen LogP contribution in [0, 0.1) is 0 Å². The molecular weight excluding hydrogens is 309 g/mol. The molecule has 0 unspecified atom stereocenters. The van der Waals surface area contributed by atoms with Crippen LogP contribution in [0.2, 0.25) is 5.15 Å². The van der Waals surface area contributed by atoms with Gasteiger partial charge in [-0.2, -0.15) is 13.2 Å². The maximum absolute atomic E-state index is 12.6. The molecule has 4 nitrogen and oxygen atoms in total. The van der Waals surface area contributed by atoms with Gasteiger partial charge in [0.1, 0.15) is 5.15 Å². The summed E-state index contributed by atoms with van der Waals surface area (Å²) in [6.45, 7) is 0. The van der Waals surface area contributed by atoms with Crippen LogP contribution < -0.4 is 0 Å². The minimum absolute atomic E-state index is 0.000221. The Bertz CT molecular complexity index is 689. The highest BCUT2D eigenvalue weighted by Gasteiger charge is 2.30. The van der Waals surface area contributed by atoms with Gasteiger partial charge in [0.05, 0.1) is 12.0 Å². The second-order valence-corrected chi connectivity index (χ2v) is 4.52. The fraction of sp³-hybridized carbons (Fsp3) is 0.154. The zero-order chi connectivity index (χ0) is 15.6. The minimum Gasteiger partial charge on any atom is -0.481 e. The fourth-order valence-electron chi connectivity index (χ4n) is 1.64. The number of hydrogen-bond donors (Lipinski definition) is 1. The normalized spacial score (nSPS) is 11.4. The summed E-state index contributed by atoms with van der Waals surface area (Å²) < 4.78 is 37.9. The van der Waals surface area contributed by atoms with Crippen LogP contribution in [-0.4, -0.2) is 21.0 Å². The molecule has 8 heteroatoms. The van der Waals surface area contributed by atoms with Gasteiger partial charge in [0, 0.05) is 17.3 Å². The molecule has 0 aliphatic rings. The van der Waals surface area contributed by atoms with Crippen molar-refractivity contribution in [1.29, 1.82) is 0 Å². The Morgan fingerprint density at radius 3 is 2.62 bits per heavy atom. The topological polar surface area (TPSA) is 63.1 Å². The molecule has 1 aromatic heterocycles. The maximum atomic E-state index is 12.6. The van der Waals surface area contributed by atoms with Gasteiger partial charge in [0.25, 0.3) is 0 Å². The summed E-state index contributed by atoms with van der Waals surface area (Å²) in [5.41, 5.74) is -0.483. The Labute approximate surface area is 122 Å². The van der Waals surface area contributed by atoms with Gasteiger partial charge in [-0.3, -0.25) is 4.79 Å². The summed E-state index contributed by atoms with van der Waals surface area (Å²) in [7, 11) is 0. The van der Waals surface area contributed by atoms with Crippen molar-refractivity contribution < 1.29 is 23.1 Å². The molecule has 21 heavy (non-hydrogen) atoms. The van der Waals surface area contributed by atoms with E-state index in [1.165, 1.54) is 18.3 Å².